The SMILES string of the molecule is NC(Cc1ccc(Cl)c(F)c1)c1cncs1. The summed E-state index contributed by atoms with van der Waals surface area (Å²) < 4.78 is 13.2. The highest BCUT2D eigenvalue weighted by Gasteiger charge is 2.10. The van der Waals surface area contributed by atoms with E-state index in [0.29, 0.717) is 6.42 Å². The van der Waals surface area contributed by atoms with E-state index in [0.717, 1.165) is 10.4 Å². The van der Waals surface area contributed by atoms with Crippen molar-refractivity contribution < 1.29 is 4.39 Å². The molecule has 0 spiro atoms. The summed E-state index contributed by atoms with van der Waals surface area (Å²) in [4.78, 5) is 4.96. The highest BCUT2D eigenvalue weighted by molar-refractivity contribution is 7.09. The lowest BCUT2D eigenvalue weighted by molar-refractivity contribution is 0.623. The van der Waals surface area contributed by atoms with Gasteiger partial charge in [0.25, 0.3) is 0 Å². The molecule has 0 aliphatic rings. The van der Waals surface area contributed by atoms with E-state index in [2.05, 4.69) is 4.98 Å². The van der Waals surface area contributed by atoms with E-state index in [-0.39, 0.29) is 11.1 Å². The van der Waals surface area contributed by atoms with Gasteiger partial charge in [-0.15, -0.1) is 11.3 Å². The Kier molecular flexibility index (Phi) is 3.53. The third-order valence-corrected chi connectivity index (χ3v) is 3.47. The summed E-state index contributed by atoms with van der Waals surface area (Å²) in [5.41, 5.74) is 8.54. The van der Waals surface area contributed by atoms with Crippen LogP contribution in [0.2, 0.25) is 5.02 Å². The van der Waals surface area contributed by atoms with Gasteiger partial charge in [0.15, 0.2) is 0 Å². The predicted molar refractivity (Wildman–Crippen MR) is 64.2 cm³/mol. The molecule has 2 N–H and O–H groups in total. The molecule has 16 heavy (non-hydrogen) atoms. The third-order valence-electron chi connectivity index (χ3n) is 2.26. The fourth-order valence-electron chi connectivity index (χ4n) is 1.43. The minimum Gasteiger partial charge on any atom is -0.323 e. The van der Waals surface area contributed by atoms with Crippen LogP contribution in [0.3, 0.4) is 0 Å². The first-order valence-electron chi connectivity index (χ1n) is 4.74. The van der Waals surface area contributed by atoms with Crippen molar-refractivity contribution in [2.75, 3.05) is 0 Å². The Balaban J connectivity index is 2.12. The molecule has 2 nitrogen and oxygen atoms in total. The zero-order valence-electron chi connectivity index (χ0n) is 8.36. The van der Waals surface area contributed by atoms with Crippen LogP contribution in [-0.4, -0.2) is 4.98 Å². The summed E-state index contributed by atoms with van der Waals surface area (Å²) >= 11 is 7.10. The highest BCUT2D eigenvalue weighted by Crippen LogP contribution is 2.22. The van der Waals surface area contributed by atoms with Gasteiger partial charge in [-0.2, -0.15) is 0 Å². The molecule has 1 heterocycles. The minimum absolute atomic E-state index is 0.134. The number of hydrogen-bond donors (Lipinski definition) is 1. The first-order valence-corrected chi connectivity index (χ1v) is 6.00. The second kappa shape index (κ2) is 4.91. The second-order valence-electron chi connectivity index (χ2n) is 3.46. The van der Waals surface area contributed by atoms with Crippen molar-refractivity contribution in [1.29, 1.82) is 0 Å². The largest absolute Gasteiger partial charge is 0.323 e. The van der Waals surface area contributed by atoms with E-state index in [1.807, 2.05) is 0 Å². The zero-order valence-corrected chi connectivity index (χ0v) is 9.93. The maximum absolute atomic E-state index is 13.2. The summed E-state index contributed by atoms with van der Waals surface area (Å²) in [6, 6.07) is 4.61. The maximum atomic E-state index is 13.2. The Morgan fingerprint density at radius 3 is 2.94 bits per heavy atom. The quantitative estimate of drug-likeness (QED) is 0.916. The Bertz CT molecular complexity index is 473. The van der Waals surface area contributed by atoms with Crippen LogP contribution in [0.1, 0.15) is 16.5 Å². The predicted octanol–water partition coefficient (Wildman–Crippen LogP) is 3.18. The van der Waals surface area contributed by atoms with Crippen LogP contribution in [0.4, 0.5) is 4.39 Å². The van der Waals surface area contributed by atoms with Crippen molar-refractivity contribution >= 4 is 22.9 Å². The highest BCUT2D eigenvalue weighted by atomic mass is 35.5. The lowest BCUT2D eigenvalue weighted by atomic mass is 10.1. The average molecular weight is 257 g/mol. The Morgan fingerprint density at radius 2 is 2.31 bits per heavy atom. The number of halogens is 2. The number of benzene rings is 1. The first-order chi connectivity index (χ1) is 7.66. The van der Waals surface area contributed by atoms with Crippen molar-refractivity contribution in [3.05, 3.63) is 51.2 Å². The average Bonchev–Trinajstić information content (AvgIpc) is 2.77. The van der Waals surface area contributed by atoms with Crippen molar-refractivity contribution in [1.82, 2.24) is 4.98 Å². The topological polar surface area (TPSA) is 38.9 Å². The van der Waals surface area contributed by atoms with Gasteiger partial charge in [0.1, 0.15) is 5.82 Å². The molecule has 84 valence electrons. The normalized spacial score (nSPS) is 12.7. The monoisotopic (exact) mass is 256 g/mol. The lowest BCUT2D eigenvalue weighted by Gasteiger charge is -2.09. The van der Waals surface area contributed by atoms with Crippen LogP contribution in [0.5, 0.6) is 0 Å². The van der Waals surface area contributed by atoms with Gasteiger partial charge in [-0.05, 0) is 24.1 Å². The van der Waals surface area contributed by atoms with Gasteiger partial charge < -0.3 is 5.73 Å². The molecule has 2 aromatic rings. The molecular formula is C11H10ClFN2S. The van der Waals surface area contributed by atoms with Gasteiger partial charge in [-0.1, -0.05) is 17.7 Å². The van der Waals surface area contributed by atoms with Gasteiger partial charge in [-0.3, -0.25) is 4.98 Å². The number of thiazole rings is 1. The van der Waals surface area contributed by atoms with E-state index in [4.69, 9.17) is 17.3 Å². The molecule has 0 aliphatic carbocycles. The lowest BCUT2D eigenvalue weighted by Crippen LogP contribution is -2.11. The molecule has 1 unspecified atom stereocenters. The molecule has 0 bridgehead atoms. The number of hydrogen-bond acceptors (Lipinski definition) is 3. The molecule has 1 aromatic carbocycles. The van der Waals surface area contributed by atoms with E-state index in [9.17, 15) is 4.39 Å². The molecule has 0 aliphatic heterocycles. The van der Waals surface area contributed by atoms with E-state index in [1.54, 1.807) is 23.8 Å². The standard InChI is InChI=1S/C11H10ClFN2S/c12-8-2-1-7(3-9(8)13)4-10(14)11-5-15-6-16-11/h1-3,5-6,10H,4,14H2. The zero-order chi connectivity index (χ0) is 11.5. The number of nitrogens with two attached hydrogens (primary N) is 1. The van der Waals surface area contributed by atoms with Gasteiger partial charge in [0.2, 0.25) is 0 Å². The Labute approximate surface area is 102 Å². The Morgan fingerprint density at radius 1 is 1.50 bits per heavy atom. The van der Waals surface area contributed by atoms with Crippen molar-refractivity contribution in [2.24, 2.45) is 5.73 Å². The van der Waals surface area contributed by atoms with Crippen LogP contribution in [0.25, 0.3) is 0 Å². The molecule has 2 rings (SSSR count). The molecule has 1 aromatic heterocycles. The second-order valence-corrected chi connectivity index (χ2v) is 4.79. The molecule has 0 radical (unpaired) electrons. The molecule has 0 amide bonds. The summed E-state index contributed by atoms with van der Waals surface area (Å²) in [5.74, 6) is -0.407. The van der Waals surface area contributed by atoms with Gasteiger partial charge in [0.05, 0.1) is 10.5 Å². The van der Waals surface area contributed by atoms with Gasteiger partial charge >= 0.3 is 0 Å². The smallest absolute Gasteiger partial charge is 0.142 e. The van der Waals surface area contributed by atoms with Crippen molar-refractivity contribution in [3.63, 3.8) is 0 Å². The summed E-state index contributed by atoms with van der Waals surface area (Å²) in [7, 11) is 0. The number of aromatic nitrogens is 1. The van der Waals surface area contributed by atoms with Crippen LogP contribution in [0, 0.1) is 5.82 Å². The van der Waals surface area contributed by atoms with Crippen LogP contribution < -0.4 is 5.73 Å². The fraction of sp³-hybridized carbons (Fsp3) is 0.182. The first kappa shape index (κ1) is 11.5. The molecule has 1 atom stereocenters. The third kappa shape index (κ3) is 2.58. The minimum atomic E-state index is -0.407. The van der Waals surface area contributed by atoms with E-state index < -0.39 is 5.82 Å². The maximum Gasteiger partial charge on any atom is 0.142 e. The number of rotatable bonds is 3. The number of nitrogens with zero attached hydrogens (tertiary/aromatic N) is 1. The summed E-state index contributed by atoms with van der Waals surface area (Å²) in [6.45, 7) is 0. The van der Waals surface area contributed by atoms with Crippen LogP contribution >= 0.6 is 22.9 Å². The van der Waals surface area contributed by atoms with Crippen molar-refractivity contribution in [2.45, 2.75) is 12.5 Å². The fourth-order valence-corrected chi connectivity index (χ4v) is 2.17. The summed E-state index contributed by atoms with van der Waals surface area (Å²) in [6.07, 6.45) is 2.32. The molecule has 5 heteroatoms. The van der Waals surface area contributed by atoms with Gasteiger partial charge in [-0.25, -0.2) is 4.39 Å². The van der Waals surface area contributed by atoms with E-state index >= 15 is 0 Å². The molecular weight excluding hydrogens is 247 g/mol. The van der Waals surface area contributed by atoms with Crippen LogP contribution in [-0.2, 0) is 6.42 Å². The van der Waals surface area contributed by atoms with Gasteiger partial charge in [0, 0.05) is 17.1 Å². The Hall–Kier alpha value is -0.970. The molecule has 0 fully saturated rings. The van der Waals surface area contributed by atoms with Crippen LogP contribution in [0.15, 0.2) is 29.9 Å². The van der Waals surface area contributed by atoms with E-state index in [1.165, 1.54) is 17.4 Å². The molecule has 0 saturated heterocycles. The molecule has 0 saturated carbocycles. The summed E-state index contributed by atoms with van der Waals surface area (Å²) in [5, 5.41) is 0.134. The van der Waals surface area contributed by atoms with Crippen molar-refractivity contribution in [3.8, 4) is 0 Å².